The van der Waals surface area contributed by atoms with Crippen LogP contribution >= 0.6 is 11.8 Å². The van der Waals surface area contributed by atoms with E-state index in [4.69, 9.17) is 0 Å². The summed E-state index contributed by atoms with van der Waals surface area (Å²) >= 11 is 1.37. The van der Waals surface area contributed by atoms with Gasteiger partial charge in [0, 0.05) is 21.1 Å². The van der Waals surface area contributed by atoms with E-state index in [-0.39, 0.29) is 5.91 Å². The van der Waals surface area contributed by atoms with Crippen LogP contribution in [0.5, 0.6) is 0 Å². The van der Waals surface area contributed by atoms with Gasteiger partial charge in [-0.3, -0.25) is 9.79 Å². The van der Waals surface area contributed by atoms with Crippen molar-refractivity contribution in [2.75, 3.05) is 27.4 Å². The van der Waals surface area contributed by atoms with Crippen molar-refractivity contribution in [3.05, 3.63) is 0 Å². The summed E-state index contributed by atoms with van der Waals surface area (Å²) < 4.78 is 0. The second kappa shape index (κ2) is 4.33. The minimum atomic E-state index is -0.0324. The highest BCUT2D eigenvalue weighted by molar-refractivity contribution is 8.15. The molecule has 0 atom stereocenters. The average molecular weight is 160 g/mol. The molecule has 10 heavy (non-hydrogen) atoms. The number of hydrogen-bond acceptors (Lipinski definition) is 3. The van der Waals surface area contributed by atoms with Crippen LogP contribution in [-0.4, -0.2) is 43.2 Å². The van der Waals surface area contributed by atoms with Gasteiger partial charge in [-0.2, -0.15) is 0 Å². The average Bonchev–Trinajstić information content (AvgIpc) is 1.90. The second-order valence-corrected chi connectivity index (χ2v) is 2.73. The normalized spacial score (nSPS) is 11.4. The number of thioether (sulfide) groups is 1. The van der Waals surface area contributed by atoms with Gasteiger partial charge in [0.25, 0.3) is 5.91 Å². The van der Waals surface area contributed by atoms with E-state index in [0.29, 0.717) is 5.04 Å². The van der Waals surface area contributed by atoms with Crippen LogP contribution < -0.4 is 0 Å². The lowest BCUT2D eigenvalue weighted by Gasteiger charge is -2.09. The molecule has 3 nitrogen and oxygen atoms in total. The van der Waals surface area contributed by atoms with E-state index in [2.05, 4.69) is 4.99 Å². The molecule has 0 aliphatic heterocycles. The van der Waals surface area contributed by atoms with Crippen molar-refractivity contribution in [1.82, 2.24) is 4.90 Å². The van der Waals surface area contributed by atoms with Gasteiger partial charge in [-0.15, -0.1) is 11.8 Å². The molecule has 0 heterocycles. The van der Waals surface area contributed by atoms with Crippen LogP contribution in [-0.2, 0) is 4.79 Å². The molecule has 58 valence electrons. The zero-order chi connectivity index (χ0) is 8.15. The summed E-state index contributed by atoms with van der Waals surface area (Å²) in [6.07, 6.45) is 1.84. The van der Waals surface area contributed by atoms with Gasteiger partial charge in [0.15, 0.2) is 5.04 Å². The Kier molecular flexibility index (Phi) is 4.11. The standard InChI is InChI=1S/C6H12N2OS/c1-7-5(10-4)6(9)8(2)3/h1-4H3. The molecule has 0 saturated heterocycles. The molecule has 0 bridgehead atoms. The van der Waals surface area contributed by atoms with E-state index in [0.717, 1.165) is 0 Å². The largest absolute Gasteiger partial charge is 0.343 e. The first-order chi connectivity index (χ1) is 4.63. The molecule has 0 saturated carbocycles. The lowest BCUT2D eigenvalue weighted by atomic mass is 10.6. The van der Waals surface area contributed by atoms with Crippen LogP contribution in [0, 0.1) is 0 Å². The molecule has 0 aliphatic carbocycles. The van der Waals surface area contributed by atoms with Crippen molar-refractivity contribution < 1.29 is 4.79 Å². The van der Waals surface area contributed by atoms with Crippen LogP contribution in [0.3, 0.4) is 0 Å². The number of amides is 1. The Morgan fingerprint density at radius 3 is 2.10 bits per heavy atom. The summed E-state index contributed by atoms with van der Waals surface area (Å²) in [5.74, 6) is -0.0324. The fraction of sp³-hybridized carbons (Fsp3) is 0.667. The Hall–Kier alpha value is -0.510. The van der Waals surface area contributed by atoms with E-state index in [1.807, 2.05) is 6.26 Å². The fourth-order valence-electron chi connectivity index (χ4n) is 0.466. The van der Waals surface area contributed by atoms with Crippen LogP contribution in [0.25, 0.3) is 0 Å². The number of hydrogen-bond donors (Lipinski definition) is 0. The molecule has 0 rings (SSSR count). The van der Waals surface area contributed by atoms with E-state index in [1.165, 1.54) is 16.7 Å². The zero-order valence-electron chi connectivity index (χ0n) is 6.71. The molecule has 0 radical (unpaired) electrons. The van der Waals surface area contributed by atoms with Gasteiger partial charge in [-0.1, -0.05) is 0 Å². The molecule has 0 aromatic rings. The Balaban J connectivity index is 4.18. The van der Waals surface area contributed by atoms with Crippen LogP contribution in [0.2, 0.25) is 0 Å². The molecule has 0 N–H and O–H groups in total. The van der Waals surface area contributed by atoms with Gasteiger partial charge >= 0.3 is 0 Å². The first kappa shape index (κ1) is 9.49. The van der Waals surface area contributed by atoms with Crippen molar-refractivity contribution in [2.45, 2.75) is 0 Å². The summed E-state index contributed by atoms with van der Waals surface area (Å²) in [6, 6.07) is 0. The molecule has 0 aromatic carbocycles. The minimum absolute atomic E-state index is 0.0324. The molecule has 0 aromatic heterocycles. The van der Waals surface area contributed by atoms with Crippen LogP contribution in [0.1, 0.15) is 0 Å². The highest BCUT2D eigenvalue weighted by atomic mass is 32.2. The predicted octanol–water partition coefficient (Wildman–Crippen LogP) is 0.466. The van der Waals surface area contributed by atoms with Gasteiger partial charge in [0.2, 0.25) is 0 Å². The Labute approximate surface area is 65.5 Å². The van der Waals surface area contributed by atoms with Gasteiger partial charge in [-0.05, 0) is 6.26 Å². The lowest BCUT2D eigenvalue weighted by Crippen LogP contribution is -2.27. The highest BCUT2D eigenvalue weighted by Crippen LogP contribution is 1.99. The third kappa shape index (κ3) is 2.39. The Morgan fingerprint density at radius 2 is 2.00 bits per heavy atom. The van der Waals surface area contributed by atoms with E-state index < -0.39 is 0 Å². The van der Waals surface area contributed by atoms with Crippen molar-refractivity contribution in [3.63, 3.8) is 0 Å². The molecule has 0 unspecified atom stereocenters. The van der Waals surface area contributed by atoms with E-state index in [9.17, 15) is 4.79 Å². The quantitative estimate of drug-likeness (QED) is 0.381. The summed E-state index contributed by atoms with van der Waals surface area (Å²) in [5, 5.41) is 0.546. The van der Waals surface area contributed by atoms with Crippen molar-refractivity contribution in [3.8, 4) is 0 Å². The molecule has 0 spiro atoms. The first-order valence-corrected chi connectivity index (χ1v) is 4.08. The van der Waals surface area contributed by atoms with Crippen molar-refractivity contribution in [2.24, 2.45) is 4.99 Å². The van der Waals surface area contributed by atoms with Gasteiger partial charge in [-0.25, -0.2) is 0 Å². The maximum Gasteiger partial charge on any atom is 0.278 e. The van der Waals surface area contributed by atoms with Gasteiger partial charge in [0.05, 0.1) is 0 Å². The molecular formula is C6H12N2OS. The van der Waals surface area contributed by atoms with Gasteiger partial charge in [0.1, 0.15) is 0 Å². The molecule has 0 fully saturated rings. The summed E-state index contributed by atoms with van der Waals surface area (Å²) in [5.41, 5.74) is 0. The number of aliphatic imine (C=N–C) groups is 1. The summed E-state index contributed by atoms with van der Waals surface area (Å²) in [6.45, 7) is 0. The van der Waals surface area contributed by atoms with Crippen molar-refractivity contribution >= 4 is 22.7 Å². The monoisotopic (exact) mass is 160 g/mol. The number of carbonyl (C=O) groups is 1. The van der Waals surface area contributed by atoms with Crippen molar-refractivity contribution in [1.29, 1.82) is 0 Å². The Bertz CT molecular complexity index is 154. The minimum Gasteiger partial charge on any atom is -0.343 e. The smallest absolute Gasteiger partial charge is 0.278 e. The maximum atomic E-state index is 11.1. The third-order valence-corrected chi connectivity index (χ3v) is 1.73. The maximum absolute atomic E-state index is 11.1. The first-order valence-electron chi connectivity index (χ1n) is 2.86. The zero-order valence-corrected chi connectivity index (χ0v) is 7.53. The van der Waals surface area contributed by atoms with E-state index >= 15 is 0 Å². The number of carbonyl (C=O) groups excluding carboxylic acids is 1. The van der Waals surface area contributed by atoms with Crippen LogP contribution in [0.4, 0.5) is 0 Å². The second-order valence-electron chi connectivity index (χ2n) is 1.93. The van der Waals surface area contributed by atoms with Gasteiger partial charge < -0.3 is 4.90 Å². The molecule has 1 amide bonds. The predicted molar refractivity (Wildman–Crippen MR) is 45.6 cm³/mol. The van der Waals surface area contributed by atoms with Crippen LogP contribution in [0.15, 0.2) is 4.99 Å². The number of rotatable bonds is 0. The summed E-state index contributed by atoms with van der Waals surface area (Å²) in [7, 11) is 5.04. The number of nitrogens with zero attached hydrogens (tertiary/aromatic N) is 2. The highest BCUT2D eigenvalue weighted by Gasteiger charge is 2.09. The third-order valence-electron chi connectivity index (χ3n) is 0.986. The lowest BCUT2D eigenvalue weighted by molar-refractivity contribution is -0.121. The molecular weight excluding hydrogens is 148 g/mol. The fourth-order valence-corrected chi connectivity index (χ4v) is 1.01. The topological polar surface area (TPSA) is 32.7 Å². The SMILES string of the molecule is CN=C(SC)C(=O)N(C)C. The summed E-state index contributed by atoms with van der Waals surface area (Å²) in [4.78, 5) is 16.4. The van der Waals surface area contributed by atoms with E-state index in [1.54, 1.807) is 21.1 Å². The Morgan fingerprint density at radius 1 is 1.50 bits per heavy atom. The molecule has 4 heteroatoms. The molecule has 0 aliphatic rings.